The van der Waals surface area contributed by atoms with E-state index in [1.807, 2.05) is 32.0 Å². The monoisotopic (exact) mass is 348 g/mol. The van der Waals surface area contributed by atoms with E-state index < -0.39 is 0 Å². The van der Waals surface area contributed by atoms with Crippen molar-refractivity contribution in [3.63, 3.8) is 0 Å². The van der Waals surface area contributed by atoms with Crippen LogP contribution in [-0.2, 0) is 0 Å². The van der Waals surface area contributed by atoms with Crippen molar-refractivity contribution >= 4 is 38.5 Å². The molecule has 5 heteroatoms. The predicted octanol–water partition coefficient (Wildman–Crippen LogP) is 4.76. The number of halogens is 1. The fourth-order valence-electron chi connectivity index (χ4n) is 1.77. The molecule has 0 amide bonds. The summed E-state index contributed by atoms with van der Waals surface area (Å²) in [4.78, 5) is 5.57. The van der Waals surface area contributed by atoms with Gasteiger partial charge in [0.1, 0.15) is 16.8 Å². The predicted molar refractivity (Wildman–Crippen MR) is 86.5 cm³/mol. The van der Waals surface area contributed by atoms with Gasteiger partial charge in [0.2, 0.25) is 0 Å². The van der Waals surface area contributed by atoms with Gasteiger partial charge >= 0.3 is 0 Å². The van der Waals surface area contributed by atoms with Crippen LogP contribution in [0.25, 0.3) is 0 Å². The van der Waals surface area contributed by atoms with Crippen LogP contribution in [0.15, 0.2) is 27.7 Å². The van der Waals surface area contributed by atoms with Crippen LogP contribution in [-0.4, -0.2) is 13.3 Å². The Morgan fingerprint density at radius 2 is 2.15 bits per heavy atom. The van der Waals surface area contributed by atoms with E-state index >= 15 is 0 Å². The van der Waals surface area contributed by atoms with Crippen molar-refractivity contribution in [1.82, 2.24) is 0 Å². The molecule has 0 aliphatic rings. The molecule has 1 heterocycles. The second-order valence-electron chi connectivity index (χ2n) is 4.22. The third-order valence-electron chi connectivity index (χ3n) is 2.99. The van der Waals surface area contributed by atoms with E-state index in [-0.39, 0.29) is 0 Å². The molecule has 0 spiro atoms. The number of methoxy groups -OCH3 is 1. The smallest absolute Gasteiger partial charge is 0.134 e. The SMILES string of the molecule is COc1ccc(Br)cc1/C=N/c1sc(C)c(C)c1C#N. The average Bonchev–Trinajstić information content (AvgIpc) is 2.71. The molecular formula is C15H13BrN2OS. The van der Waals surface area contributed by atoms with Crippen LogP contribution >= 0.6 is 27.3 Å². The van der Waals surface area contributed by atoms with E-state index in [1.54, 1.807) is 13.3 Å². The molecule has 1 aromatic heterocycles. The topological polar surface area (TPSA) is 45.4 Å². The summed E-state index contributed by atoms with van der Waals surface area (Å²) in [6.45, 7) is 3.95. The molecule has 0 aliphatic carbocycles. The summed E-state index contributed by atoms with van der Waals surface area (Å²) in [5, 5.41) is 9.95. The second kappa shape index (κ2) is 6.21. The van der Waals surface area contributed by atoms with Gasteiger partial charge in [0, 0.05) is 21.1 Å². The first-order chi connectivity index (χ1) is 9.56. The molecule has 20 heavy (non-hydrogen) atoms. The number of nitrogens with zero attached hydrogens (tertiary/aromatic N) is 2. The average molecular weight is 349 g/mol. The number of nitriles is 1. The molecule has 0 atom stereocenters. The van der Waals surface area contributed by atoms with Crippen molar-refractivity contribution < 1.29 is 4.74 Å². The van der Waals surface area contributed by atoms with Crippen LogP contribution in [0, 0.1) is 25.2 Å². The quantitative estimate of drug-likeness (QED) is 0.750. The normalized spacial score (nSPS) is 10.8. The van der Waals surface area contributed by atoms with E-state index in [4.69, 9.17) is 4.74 Å². The van der Waals surface area contributed by atoms with Gasteiger partial charge in [-0.05, 0) is 37.6 Å². The molecule has 0 fully saturated rings. The number of aliphatic imine (C=N–C) groups is 1. The highest BCUT2D eigenvalue weighted by atomic mass is 79.9. The number of aryl methyl sites for hydroxylation is 1. The molecule has 2 rings (SSSR count). The fourth-order valence-corrected chi connectivity index (χ4v) is 3.10. The molecule has 1 aromatic carbocycles. The summed E-state index contributed by atoms with van der Waals surface area (Å²) in [6.07, 6.45) is 1.73. The number of ether oxygens (including phenoxy) is 1. The Labute approximate surface area is 130 Å². The summed E-state index contributed by atoms with van der Waals surface area (Å²) in [6, 6.07) is 7.94. The number of hydrogen-bond donors (Lipinski definition) is 0. The highest BCUT2D eigenvalue weighted by molar-refractivity contribution is 9.10. The fraction of sp³-hybridized carbons (Fsp3) is 0.200. The molecule has 0 saturated heterocycles. The largest absolute Gasteiger partial charge is 0.496 e. The number of hydrogen-bond acceptors (Lipinski definition) is 4. The van der Waals surface area contributed by atoms with Crippen molar-refractivity contribution in [1.29, 1.82) is 5.26 Å². The van der Waals surface area contributed by atoms with E-state index in [9.17, 15) is 5.26 Å². The summed E-state index contributed by atoms with van der Waals surface area (Å²) in [7, 11) is 1.63. The minimum absolute atomic E-state index is 0.651. The molecule has 0 N–H and O–H groups in total. The van der Waals surface area contributed by atoms with Crippen molar-refractivity contribution in [3.8, 4) is 11.8 Å². The van der Waals surface area contributed by atoms with Crippen LogP contribution in [0.5, 0.6) is 5.75 Å². The molecular weight excluding hydrogens is 336 g/mol. The highest BCUT2D eigenvalue weighted by Gasteiger charge is 2.11. The maximum Gasteiger partial charge on any atom is 0.134 e. The lowest BCUT2D eigenvalue weighted by Crippen LogP contribution is -1.90. The van der Waals surface area contributed by atoms with Crippen LogP contribution in [0.3, 0.4) is 0 Å². The van der Waals surface area contributed by atoms with E-state index in [0.717, 1.165) is 31.2 Å². The zero-order valence-electron chi connectivity index (χ0n) is 11.4. The van der Waals surface area contributed by atoms with E-state index in [2.05, 4.69) is 27.0 Å². The summed E-state index contributed by atoms with van der Waals surface area (Å²) in [5.74, 6) is 0.750. The van der Waals surface area contributed by atoms with Gasteiger partial charge in [0.15, 0.2) is 0 Å². The van der Waals surface area contributed by atoms with E-state index in [1.165, 1.54) is 11.3 Å². The molecule has 102 valence electrons. The minimum Gasteiger partial charge on any atom is -0.496 e. The Bertz CT molecular complexity index is 713. The molecule has 0 bridgehead atoms. The van der Waals surface area contributed by atoms with E-state index in [0.29, 0.717) is 5.56 Å². The molecule has 0 aliphatic heterocycles. The lowest BCUT2D eigenvalue weighted by molar-refractivity contribution is 0.414. The van der Waals surface area contributed by atoms with Crippen molar-refractivity contribution in [2.24, 2.45) is 4.99 Å². The summed E-state index contributed by atoms with van der Waals surface area (Å²) >= 11 is 4.96. The van der Waals surface area contributed by atoms with Crippen LogP contribution < -0.4 is 4.74 Å². The standard InChI is InChI=1S/C15H13BrN2OS/c1-9-10(2)20-15(13(9)7-17)18-8-11-6-12(16)4-5-14(11)19-3/h4-6,8H,1-3H3/b18-8+. The highest BCUT2D eigenvalue weighted by Crippen LogP contribution is 2.34. The van der Waals surface area contributed by atoms with Gasteiger partial charge < -0.3 is 4.74 Å². The lowest BCUT2D eigenvalue weighted by Gasteiger charge is -2.04. The maximum absolute atomic E-state index is 9.21. The van der Waals surface area contributed by atoms with Gasteiger partial charge in [-0.1, -0.05) is 15.9 Å². The van der Waals surface area contributed by atoms with Crippen molar-refractivity contribution in [2.75, 3.05) is 7.11 Å². The first-order valence-electron chi connectivity index (χ1n) is 5.94. The Hall–Kier alpha value is -1.64. The second-order valence-corrected chi connectivity index (χ2v) is 6.34. The van der Waals surface area contributed by atoms with Gasteiger partial charge in [0.25, 0.3) is 0 Å². The lowest BCUT2D eigenvalue weighted by atomic mass is 10.2. The van der Waals surface area contributed by atoms with Gasteiger partial charge in [-0.15, -0.1) is 11.3 Å². The Kier molecular flexibility index (Phi) is 4.58. The Balaban J connectivity index is 2.42. The zero-order valence-corrected chi connectivity index (χ0v) is 13.8. The number of rotatable bonds is 3. The van der Waals surface area contributed by atoms with Gasteiger partial charge in [0.05, 0.1) is 12.7 Å². The number of benzene rings is 1. The van der Waals surface area contributed by atoms with Gasteiger partial charge in [-0.2, -0.15) is 5.26 Å². The Morgan fingerprint density at radius 3 is 2.80 bits per heavy atom. The third kappa shape index (κ3) is 2.92. The van der Waals surface area contributed by atoms with Crippen molar-refractivity contribution in [3.05, 3.63) is 44.2 Å². The van der Waals surface area contributed by atoms with Crippen LogP contribution in [0.4, 0.5) is 5.00 Å². The minimum atomic E-state index is 0.651. The van der Waals surface area contributed by atoms with Gasteiger partial charge in [-0.25, -0.2) is 4.99 Å². The van der Waals surface area contributed by atoms with Crippen molar-refractivity contribution in [2.45, 2.75) is 13.8 Å². The molecule has 3 nitrogen and oxygen atoms in total. The summed E-state index contributed by atoms with van der Waals surface area (Å²) in [5.41, 5.74) is 2.53. The first-order valence-corrected chi connectivity index (χ1v) is 7.55. The molecule has 0 unspecified atom stereocenters. The molecule has 0 radical (unpaired) electrons. The molecule has 0 saturated carbocycles. The van der Waals surface area contributed by atoms with Gasteiger partial charge in [-0.3, -0.25) is 0 Å². The maximum atomic E-state index is 9.21. The van der Waals surface area contributed by atoms with Crippen LogP contribution in [0.1, 0.15) is 21.6 Å². The first kappa shape index (κ1) is 14.8. The zero-order chi connectivity index (χ0) is 14.7. The Morgan fingerprint density at radius 1 is 1.40 bits per heavy atom. The third-order valence-corrected chi connectivity index (χ3v) is 4.60. The number of thiophene rings is 1. The van der Waals surface area contributed by atoms with Crippen LogP contribution in [0.2, 0.25) is 0 Å². The summed E-state index contributed by atoms with van der Waals surface area (Å²) < 4.78 is 6.26. The molecule has 2 aromatic rings.